The van der Waals surface area contributed by atoms with Crippen molar-refractivity contribution in [3.63, 3.8) is 0 Å². The summed E-state index contributed by atoms with van der Waals surface area (Å²) in [5.74, 6) is -2.52. The second-order valence-electron chi connectivity index (χ2n) is 4.23. The molecule has 0 unspecified atom stereocenters. The highest BCUT2D eigenvalue weighted by atomic mass is 19.2. The number of carbonyl (C=O) groups is 2. The molecular formula is C12H12F2N2O2. The summed E-state index contributed by atoms with van der Waals surface area (Å²) in [6.45, 7) is 3.36. The minimum Gasteiger partial charge on any atom is -0.319 e. The van der Waals surface area contributed by atoms with Gasteiger partial charge in [0.05, 0.1) is 0 Å². The Morgan fingerprint density at radius 3 is 2.44 bits per heavy atom. The average Bonchev–Trinajstić information content (AvgIpc) is 2.54. The van der Waals surface area contributed by atoms with Gasteiger partial charge in [0.1, 0.15) is 5.54 Å². The zero-order chi connectivity index (χ0) is 13.5. The molecule has 1 saturated heterocycles. The van der Waals surface area contributed by atoms with Crippen molar-refractivity contribution < 1.29 is 18.4 Å². The van der Waals surface area contributed by atoms with Gasteiger partial charge in [-0.3, -0.25) is 9.69 Å². The fraction of sp³-hybridized carbons (Fsp3) is 0.333. The number of amides is 3. The lowest BCUT2D eigenvalue weighted by atomic mass is 9.92. The summed E-state index contributed by atoms with van der Waals surface area (Å²) in [5.41, 5.74) is -1.13. The number of rotatable bonds is 2. The average molecular weight is 254 g/mol. The normalized spacial score (nSPS) is 23.4. The molecule has 0 aliphatic carbocycles. The predicted octanol–water partition coefficient (Wildman–Crippen LogP) is 1.75. The molecule has 96 valence electrons. The summed E-state index contributed by atoms with van der Waals surface area (Å²) < 4.78 is 26.1. The van der Waals surface area contributed by atoms with Gasteiger partial charge in [0.25, 0.3) is 5.91 Å². The maximum Gasteiger partial charge on any atom is 0.325 e. The van der Waals surface area contributed by atoms with Crippen molar-refractivity contribution in [2.45, 2.75) is 19.4 Å². The van der Waals surface area contributed by atoms with Crippen molar-refractivity contribution in [3.8, 4) is 0 Å². The molecule has 18 heavy (non-hydrogen) atoms. The Balaban J connectivity index is 2.46. The first kappa shape index (κ1) is 12.5. The Hall–Kier alpha value is -1.98. The van der Waals surface area contributed by atoms with Gasteiger partial charge < -0.3 is 5.32 Å². The van der Waals surface area contributed by atoms with Gasteiger partial charge in [0.2, 0.25) is 0 Å². The Kier molecular flexibility index (Phi) is 2.80. The number of likely N-dealkylation sites (N-methyl/N-ethyl adjacent to an activating group) is 1. The van der Waals surface area contributed by atoms with Gasteiger partial charge in [0, 0.05) is 6.54 Å². The number of imide groups is 1. The number of hydrogen-bond acceptors (Lipinski definition) is 2. The molecule has 3 amide bonds. The molecule has 1 aliphatic heterocycles. The molecule has 1 aromatic carbocycles. The van der Waals surface area contributed by atoms with E-state index in [0.717, 1.165) is 17.0 Å². The van der Waals surface area contributed by atoms with E-state index in [1.807, 2.05) is 0 Å². The highest BCUT2D eigenvalue weighted by Gasteiger charge is 2.48. The molecule has 4 nitrogen and oxygen atoms in total. The minimum atomic E-state index is -1.35. The molecule has 1 fully saturated rings. The minimum absolute atomic E-state index is 0.218. The SMILES string of the molecule is CCN1C(=O)N[C@](C)(c2ccc(F)c(F)c2)C1=O. The lowest BCUT2D eigenvalue weighted by Crippen LogP contribution is -2.41. The van der Waals surface area contributed by atoms with Crippen molar-refractivity contribution in [1.29, 1.82) is 0 Å². The van der Waals surface area contributed by atoms with E-state index in [0.29, 0.717) is 0 Å². The van der Waals surface area contributed by atoms with E-state index in [2.05, 4.69) is 5.32 Å². The third-order valence-electron chi connectivity index (χ3n) is 3.09. The lowest BCUT2D eigenvalue weighted by Gasteiger charge is -2.22. The molecule has 1 aromatic rings. The van der Waals surface area contributed by atoms with Gasteiger partial charge in [-0.2, -0.15) is 0 Å². The molecule has 6 heteroatoms. The Morgan fingerprint density at radius 2 is 1.94 bits per heavy atom. The smallest absolute Gasteiger partial charge is 0.319 e. The van der Waals surface area contributed by atoms with Gasteiger partial charge >= 0.3 is 6.03 Å². The van der Waals surface area contributed by atoms with E-state index >= 15 is 0 Å². The topological polar surface area (TPSA) is 49.4 Å². The van der Waals surface area contributed by atoms with Crippen molar-refractivity contribution >= 4 is 11.9 Å². The number of nitrogens with zero attached hydrogens (tertiary/aromatic N) is 1. The molecule has 2 rings (SSSR count). The van der Waals surface area contributed by atoms with Crippen LogP contribution >= 0.6 is 0 Å². The first-order valence-corrected chi connectivity index (χ1v) is 5.49. The largest absolute Gasteiger partial charge is 0.325 e. The Morgan fingerprint density at radius 1 is 1.28 bits per heavy atom. The predicted molar refractivity (Wildman–Crippen MR) is 59.6 cm³/mol. The van der Waals surface area contributed by atoms with Crippen LogP contribution in [0.2, 0.25) is 0 Å². The number of carbonyl (C=O) groups excluding carboxylic acids is 2. The zero-order valence-electron chi connectivity index (χ0n) is 9.96. The van der Waals surface area contributed by atoms with Crippen LogP contribution < -0.4 is 5.32 Å². The van der Waals surface area contributed by atoms with Gasteiger partial charge in [-0.05, 0) is 31.5 Å². The second kappa shape index (κ2) is 4.04. The molecule has 0 aromatic heterocycles. The fourth-order valence-corrected chi connectivity index (χ4v) is 1.99. The molecule has 0 spiro atoms. The van der Waals surface area contributed by atoms with Crippen molar-refractivity contribution in [2.24, 2.45) is 0 Å². The number of halogens is 2. The first-order chi connectivity index (χ1) is 8.40. The summed E-state index contributed by atoms with van der Waals surface area (Å²) in [5, 5.41) is 2.49. The van der Waals surface area contributed by atoms with Gasteiger partial charge in [-0.25, -0.2) is 13.6 Å². The standard InChI is InChI=1S/C12H12F2N2O2/c1-3-16-10(17)12(2,15-11(16)18)7-4-5-8(13)9(14)6-7/h4-6H,3H2,1-2H3,(H,15,18)/t12-/m1/s1. The zero-order valence-corrected chi connectivity index (χ0v) is 9.96. The highest BCUT2D eigenvalue weighted by molar-refractivity contribution is 6.07. The molecule has 0 saturated carbocycles. The van der Waals surface area contributed by atoms with Crippen LogP contribution in [-0.4, -0.2) is 23.4 Å². The van der Waals surface area contributed by atoms with Gasteiger partial charge in [-0.1, -0.05) is 6.07 Å². The summed E-state index contributed by atoms with van der Waals surface area (Å²) in [6.07, 6.45) is 0. The summed E-state index contributed by atoms with van der Waals surface area (Å²) in [4.78, 5) is 24.7. The molecule has 1 atom stereocenters. The molecule has 0 bridgehead atoms. The van der Waals surface area contributed by atoms with E-state index in [1.54, 1.807) is 6.92 Å². The van der Waals surface area contributed by atoms with E-state index in [9.17, 15) is 18.4 Å². The maximum absolute atomic E-state index is 13.2. The van der Waals surface area contributed by atoms with E-state index in [1.165, 1.54) is 13.0 Å². The highest BCUT2D eigenvalue weighted by Crippen LogP contribution is 2.29. The van der Waals surface area contributed by atoms with Crippen LogP contribution in [0.4, 0.5) is 13.6 Å². The summed E-state index contributed by atoms with van der Waals surface area (Å²) >= 11 is 0. The van der Waals surface area contributed by atoms with E-state index in [-0.39, 0.29) is 12.1 Å². The Labute approximate surface area is 103 Å². The molecule has 1 heterocycles. The summed E-state index contributed by atoms with van der Waals surface area (Å²) in [7, 11) is 0. The van der Waals surface area contributed by atoms with Crippen LogP contribution in [-0.2, 0) is 10.3 Å². The fourth-order valence-electron chi connectivity index (χ4n) is 1.99. The van der Waals surface area contributed by atoms with Crippen LogP contribution in [0.3, 0.4) is 0 Å². The Bertz CT molecular complexity index is 533. The number of benzene rings is 1. The maximum atomic E-state index is 13.2. The van der Waals surface area contributed by atoms with Crippen molar-refractivity contribution in [1.82, 2.24) is 10.2 Å². The molecule has 1 N–H and O–H groups in total. The molecule has 1 aliphatic rings. The van der Waals surface area contributed by atoms with Crippen LogP contribution in [0.1, 0.15) is 19.4 Å². The molecule has 0 radical (unpaired) electrons. The van der Waals surface area contributed by atoms with Gasteiger partial charge in [-0.15, -0.1) is 0 Å². The monoisotopic (exact) mass is 254 g/mol. The van der Waals surface area contributed by atoms with E-state index in [4.69, 9.17) is 0 Å². The molecular weight excluding hydrogens is 242 g/mol. The first-order valence-electron chi connectivity index (χ1n) is 5.49. The van der Waals surface area contributed by atoms with E-state index < -0.39 is 29.1 Å². The second-order valence-corrected chi connectivity index (χ2v) is 4.23. The third-order valence-corrected chi connectivity index (χ3v) is 3.09. The van der Waals surface area contributed by atoms with Crippen molar-refractivity contribution in [3.05, 3.63) is 35.4 Å². The number of urea groups is 1. The van der Waals surface area contributed by atoms with Crippen LogP contribution in [0, 0.1) is 11.6 Å². The van der Waals surface area contributed by atoms with Crippen molar-refractivity contribution in [2.75, 3.05) is 6.54 Å². The number of hydrogen-bond donors (Lipinski definition) is 1. The van der Waals surface area contributed by atoms with Crippen LogP contribution in [0.5, 0.6) is 0 Å². The summed E-state index contributed by atoms with van der Waals surface area (Å²) in [6, 6.07) is 2.61. The van der Waals surface area contributed by atoms with Crippen LogP contribution in [0.15, 0.2) is 18.2 Å². The lowest BCUT2D eigenvalue weighted by molar-refractivity contribution is -0.130. The number of nitrogens with one attached hydrogen (secondary N) is 1. The quantitative estimate of drug-likeness (QED) is 0.817. The third kappa shape index (κ3) is 1.64. The van der Waals surface area contributed by atoms with Gasteiger partial charge in [0.15, 0.2) is 11.6 Å². The van der Waals surface area contributed by atoms with Crippen LogP contribution in [0.25, 0.3) is 0 Å².